The van der Waals surface area contributed by atoms with Crippen molar-refractivity contribution >= 4 is 0 Å². The molecule has 8 heavy (non-hydrogen) atoms. The Labute approximate surface area is 49.3 Å². The molecule has 48 valence electrons. The van der Waals surface area contributed by atoms with E-state index in [0.29, 0.717) is 0 Å². The van der Waals surface area contributed by atoms with Gasteiger partial charge in [0.05, 0.1) is 6.73 Å². The molecule has 1 fully saturated rings. The SMILES string of the molecule is OCN1CCNCC1. The highest BCUT2D eigenvalue weighted by Gasteiger charge is 2.05. The van der Waals surface area contributed by atoms with Crippen LogP contribution < -0.4 is 5.32 Å². The molecule has 0 aliphatic carbocycles. The average molecular weight is 116 g/mol. The zero-order chi connectivity index (χ0) is 5.82. The third-order valence-electron chi connectivity index (χ3n) is 1.41. The fourth-order valence-corrected chi connectivity index (χ4v) is 0.853. The summed E-state index contributed by atoms with van der Waals surface area (Å²) in [5.41, 5.74) is 0. The lowest BCUT2D eigenvalue weighted by Gasteiger charge is -2.24. The highest BCUT2D eigenvalue weighted by atomic mass is 16.3. The van der Waals surface area contributed by atoms with Gasteiger partial charge in [-0.25, -0.2) is 0 Å². The van der Waals surface area contributed by atoms with E-state index >= 15 is 0 Å². The molecule has 1 saturated heterocycles. The van der Waals surface area contributed by atoms with Crippen molar-refractivity contribution in [3.05, 3.63) is 0 Å². The van der Waals surface area contributed by atoms with Crippen LogP contribution in [0.5, 0.6) is 0 Å². The normalized spacial score (nSPS) is 23.6. The Balaban J connectivity index is 2.13. The van der Waals surface area contributed by atoms with Crippen LogP contribution in [0.25, 0.3) is 0 Å². The predicted octanol–water partition coefficient (Wildman–Crippen LogP) is -1.16. The van der Waals surface area contributed by atoms with Gasteiger partial charge in [-0.3, -0.25) is 4.90 Å². The third-order valence-corrected chi connectivity index (χ3v) is 1.41. The standard InChI is InChI=1S/C5H12N2O/c8-5-7-3-1-6-2-4-7/h6,8H,1-5H2. The number of aliphatic hydroxyl groups is 1. The Morgan fingerprint density at radius 1 is 1.38 bits per heavy atom. The second-order valence-electron chi connectivity index (χ2n) is 2.01. The van der Waals surface area contributed by atoms with Crippen LogP contribution in [0.4, 0.5) is 0 Å². The van der Waals surface area contributed by atoms with E-state index in [9.17, 15) is 0 Å². The van der Waals surface area contributed by atoms with Crippen molar-refractivity contribution in [2.45, 2.75) is 0 Å². The molecule has 0 spiro atoms. The molecule has 0 atom stereocenters. The van der Waals surface area contributed by atoms with E-state index in [0.717, 1.165) is 26.2 Å². The average Bonchev–Trinajstić information content (AvgIpc) is 1.90. The lowest BCUT2D eigenvalue weighted by molar-refractivity contribution is 0.0957. The van der Waals surface area contributed by atoms with E-state index in [1.165, 1.54) is 0 Å². The van der Waals surface area contributed by atoms with Crippen LogP contribution in [0, 0.1) is 0 Å². The quantitative estimate of drug-likeness (QED) is 0.453. The summed E-state index contributed by atoms with van der Waals surface area (Å²) in [5, 5.41) is 11.8. The minimum atomic E-state index is 0.210. The van der Waals surface area contributed by atoms with Crippen LogP contribution in [-0.2, 0) is 0 Å². The van der Waals surface area contributed by atoms with Gasteiger partial charge < -0.3 is 10.4 Å². The van der Waals surface area contributed by atoms with Crippen molar-refractivity contribution in [1.29, 1.82) is 0 Å². The van der Waals surface area contributed by atoms with Gasteiger partial charge in [-0.15, -0.1) is 0 Å². The molecule has 0 aromatic heterocycles. The van der Waals surface area contributed by atoms with Gasteiger partial charge in [-0.05, 0) is 0 Å². The second-order valence-corrected chi connectivity index (χ2v) is 2.01. The number of nitrogens with one attached hydrogen (secondary N) is 1. The molecule has 1 aliphatic heterocycles. The predicted molar refractivity (Wildman–Crippen MR) is 31.5 cm³/mol. The number of nitrogens with zero attached hydrogens (tertiary/aromatic N) is 1. The molecule has 2 N–H and O–H groups in total. The smallest absolute Gasteiger partial charge is 0.0957 e. The largest absolute Gasteiger partial charge is 0.381 e. The molecule has 1 heterocycles. The van der Waals surface area contributed by atoms with Crippen LogP contribution in [0.15, 0.2) is 0 Å². The summed E-state index contributed by atoms with van der Waals surface area (Å²) in [5.74, 6) is 0. The second kappa shape index (κ2) is 3.02. The van der Waals surface area contributed by atoms with E-state index in [1.807, 2.05) is 4.90 Å². The molecule has 0 amide bonds. The van der Waals surface area contributed by atoms with Crippen molar-refractivity contribution in [2.24, 2.45) is 0 Å². The summed E-state index contributed by atoms with van der Waals surface area (Å²) >= 11 is 0. The first kappa shape index (κ1) is 6.01. The van der Waals surface area contributed by atoms with Crippen LogP contribution in [0.3, 0.4) is 0 Å². The molecule has 0 unspecified atom stereocenters. The molecular formula is C5H12N2O. The molecule has 0 saturated carbocycles. The summed E-state index contributed by atoms with van der Waals surface area (Å²) in [7, 11) is 0. The Morgan fingerprint density at radius 3 is 2.38 bits per heavy atom. The molecule has 3 heteroatoms. The van der Waals surface area contributed by atoms with E-state index in [1.54, 1.807) is 0 Å². The van der Waals surface area contributed by atoms with Crippen LogP contribution in [-0.4, -0.2) is 42.9 Å². The molecule has 1 aliphatic rings. The molecule has 0 radical (unpaired) electrons. The highest BCUT2D eigenvalue weighted by molar-refractivity contribution is 4.63. The minimum absolute atomic E-state index is 0.210. The maximum atomic E-state index is 8.59. The number of hydrogen-bond donors (Lipinski definition) is 2. The minimum Gasteiger partial charge on any atom is -0.381 e. The zero-order valence-corrected chi connectivity index (χ0v) is 4.93. The Kier molecular flexibility index (Phi) is 2.27. The van der Waals surface area contributed by atoms with E-state index in [4.69, 9.17) is 5.11 Å². The lowest BCUT2D eigenvalue weighted by Crippen LogP contribution is -2.43. The lowest BCUT2D eigenvalue weighted by atomic mass is 10.4. The molecular weight excluding hydrogens is 104 g/mol. The van der Waals surface area contributed by atoms with E-state index in [2.05, 4.69) is 5.32 Å². The highest BCUT2D eigenvalue weighted by Crippen LogP contribution is 1.86. The van der Waals surface area contributed by atoms with Gasteiger partial charge in [-0.2, -0.15) is 0 Å². The topological polar surface area (TPSA) is 35.5 Å². The molecule has 0 bridgehead atoms. The van der Waals surface area contributed by atoms with Crippen molar-refractivity contribution in [1.82, 2.24) is 10.2 Å². The fraction of sp³-hybridized carbons (Fsp3) is 1.00. The van der Waals surface area contributed by atoms with Crippen molar-refractivity contribution in [2.75, 3.05) is 32.9 Å². The Hall–Kier alpha value is -0.120. The summed E-state index contributed by atoms with van der Waals surface area (Å²) < 4.78 is 0. The zero-order valence-electron chi connectivity index (χ0n) is 4.93. The van der Waals surface area contributed by atoms with Crippen LogP contribution >= 0.6 is 0 Å². The van der Waals surface area contributed by atoms with Crippen molar-refractivity contribution < 1.29 is 5.11 Å². The van der Waals surface area contributed by atoms with Gasteiger partial charge in [0.1, 0.15) is 0 Å². The first-order chi connectivity index (χ1) is 3.93. The first-order valence-electron chi connectivity index (χ1n) is 2.97. The monoisotopic (exact) mass is 116 g/mol. The van der Waals surface area contributed by atoms with E-state index < -0.39 is 0 Å². The fourth-order valence-electron chi connectivity index (χ4n) is 0.853. The number of rotatable bonds is 1. The van der Waals surface area contributed by atoms with Crippen molar-refractivity contribution in [3.63, 3.8) is 0 Å². The number of piperazine rings is 1. The van der Waals surface area contributed by atoms with Gasteiger partial charge in [0, 0.05) is 26.2 Å². The maximum Gasteiger partial charge on any atom is 0.0957 e. The Morgan fingerprint density at radius 2 is 2.00 bits per heavy atom. The van der Waals surface area contributed by atoms with Crippen LogP contribution in [0.2, 0.25) is 0 Å². The summed E-state index contributed by atoms with van der Waals surface area (Å²) in [6.07, 6.45) is 0. The summed E-state index contributed by atoms with van der Waals surface area (Å²) in [6, 6.07) is 0. The molecule has 0 aromatic rings. The number of hydrogen-bond acceptors (Lipinski definition) is 3. The summed E-state index contributed by atoms with van der Waals surface area (Å²) in [6.45, 7) is 4.20. The van der Waals surface area contributed by atoms with Gasteiger partial charge in [0.15, 0.2) is 0 Å². The molecule has 1 rings (SSSR count). The van der Waals surface area contributed by atoms with Crippen molar-refractivity contribution in [3.8, 4) is 0 Å². The molecule has 0 aromatic carbocycles. The third kappa shape index (κ3) is 1.43. The first-order valence-corrected chi connectivity index (χ1v) is 2.97. The van der Waals surface area contributed by atoms with Crippen LogP contribution in [0.1, 0.15) is 0 Å². The van der Waals surface area contributed by atoms with Gasteiger partial charge in [0.2, 0.25) is 0 Å². The van der Waals surface area contributed by atoms with Gasteiger partial charge in [-0.1, -0.05) is 0 Å². The summed E-state index contributed by atoms with van der Waals surface area (Å²) in [4.78, 5) is 2.01. The Bertz CT molecular complexity index is 61.4. The van der Waals surface area contributed by atoms with E-state index in [-0.39, 0.29) is 6.73 Å². The van der Waals surface area contributed by atoms with Gasteiger partial charge in [0.25, 0.3) is 0 Å². The maximum absolute atomic E-state index is 8.59. The molecule has 3 nitrogen and oxygen atoms in total. The number of aliphatic hydroxyl groups excluding tert-OH is 1. The van der Waals surface area contributed by atoms with Gasteiger partial charge >= 0.3 is 0 Å².